The Morgan fingerprint density at radius 3 is 2.10 bits per heavy atom. The van der Waals surface area contributed by atoms with Gasteiger partial charge in [0.25, 0.3) is 0 Å². The zero-order valence-corrected chi connectivity index (χ0v) is 12.6. The van der Waals surface area contributed by atoms with Crippen LogP contribution in [0.4, 0.5) is 0 Å². The number of aromatic amines is 2. The SMILES string of the molecule is Cc1ccc2[nH]cc(-c3c[nH]c4ccc(Br)cc34)c2c1. The number of nitrogens with one attached hydrogen (secondary N) is 2. The Balaban J connectivity index is 2.06. The highest BCUT2D eigenvalue weighted by Crippen LogP contribution is 2.35. The van der Waals surface area contributed by atoms with Crippen LogP contribution in [0, 0.1) is 6.92 Å². The standard InChI is InChI=1S/C17H13BrN2/c1-10-2-4-16-12(6-10)14(8-19-16)15-9-20-17-5-3-11(18)7-13(15)17/h2-9,19-20H,1H3. The van der Waals surface area contributed by atoms with Crippen molar-refractivity contribution in [2.24, 2.45) is 0 Å². The fourth-order valence-corrected chi connectivity index (χ4v) is 3.13. The van der Waals surface area contributed by atoms with E-state index in [-0.39, 0.29) is 0 Å². The second-order valence-corrected chi connectivity index (χ2v) is 6.06. The summed E-state index contributed by atoms with van der Waals surface area (Å²) in [5.74, 6) is 0. The Morgan fingerprint density at radius 1 is 0.800 bits per heavy atom. The van der Waals surface area contributed by atoms with E-state index in [1.54, 1.807) is 0 Å². The van der Waals surface area contributed by atoms with Gasteiger partial charge in [-0.05, 0) is 37.3 Å². The van der Waals surface area contributed by atoms with Crippen LogP contribution in [0.3, 0.4) is 0 Å². The van der Waals surface area contributed by atoms with Crippen molar-refractivity contribution in [3.63, 3.8) is 0 Å². The van der Waals surface area contributed by atoms with Gasteiger partial charge in [-0.1, -0.05) is 27.6 Å². The second kappa shape index (κ2) is 4.25. The van der Waals surface area contributed by atoms with Gasteiger partial charge in [0.05, 0.1) is 0 Å². The predicted molar refractivity (Wildman–Crippen MR) is 88.0 cm³/mol. The number of aromatic nitrogens is 2. The molecule has 4 aromatic rings. The van der Waals surface area contributed by atoms with Crippen LogP contribution in [0.5, 0.6) is 0 Å². The first kappa shape index (κ1) is 11.8. The molecule has 0 atom stereocenters. The van der Waals surface area contributed by atoms with Crippen LogP contribution in [0.25, 0.3) is 32.9 Å². The van der Waals surface area contributed by atoms with Crippen LogP contribution in [-0.4, -0.2) is 9.97 Å². The first-order valence-corrected chi connectivity index (χ1v) is 7.36. The smallest absolute Gasteiger partial charge is 0.0461 e. The van der Waals surface area contributed by atoms with Gasteiger partial charge in [-0.3, -0.25) is 0 Å². The van der Waals surface area contributed by atoms with Crippen LogP contribution in [0.1, 0.15) is 5.56 Å². The highest BCUT2D eigenvalue weighted by atomic mass is 79.9. The third-order valence-electron chi connectivity index (χ3n) is 3.77. The lowest BCUT2D eigenvalue weighted by Gasteiger charge is -2.00. The summed E-state index contributed by atoms with van der Waals surface area (Å²) in [4.78, 5) is 6.71. The molecule has 3 heteroatoms. The zero-order valence-electron chi connectivity index (χ0n) is 11.0. The minimum Gasteiger partial charge on any atom is -0.361 e. The summed E-state index contributed by atoms with van der Waals surface area (Å²) >= 11 is 3.55. The molecule has 2 N–H and O–H groups in total. The quantitative estimate of drug-likeness (QED) is 0.470. The molecule has 0 aliphatic rings. The summed E-state index contributed by atoms with van der Waals surface area (Å²) in [5.41, 5.74) is 6.09. The maximum atomic E-state index is 3.55. The van der Waals surface area contributed by atoms with Crippen LogP contribution < -0.4 is 0 Å². The maximum Gasteiger partial charge on any atom is 0.0461 e. The highest BCUT2D eigenvalue weighted by Gasteiger charge is 2.11. The molecule has 0 saturated heterocycles. The molecule has 0 amide bonds. The van der Waals surface area contributed by atoms with Crippen LogP contribution in [0.2, 0.25) is 0 Å². The van der Waals surface area contributed by atoms with Gasteiger partial charge in [0, 0.05) is 49.8 Å². The molecule has 0 fully saturated rings. The van der Waals surface area contributed by atoms with Crippen LogP contribution >= 0.6 is 15.9 Å². The van der Waals surface area contributed by atoms with Gasteiger partial charge in [0.15, 0.2) is 0 Å². The molecule has 0 aliphatic carbocycles. The van der Waals surface area contributed by atoms with E-state index in [1.165, 1.54) is 33.0 Å². The molecule has 98 valence electrons. The van der Waals surface area contributed by atoms with Gasteiger partial charge in [0.2, 0.25) is 0 Å². The van der Waals surface area contributed by atoms with Crippen molar-refractivity contribution < 1.29 is 0 Å². The number of aryl methyl sites for hydroxylation is 1. The van der Waals surface area contributed by atoms with Gasteiger partial charge in [-0.15, -0.1) is 0 Å². The van der Waals surface area contributed by atoms with E-state index in [0.717, 1.165) is 9.99 Å². The lowest BCUT2D eigenvalue weighted by molar-refractivity contribution is 1.45. The predicted octanol–water partition coefficient (Wildman–Crippen LogP) is 5.39. The van der Waals surface area contributed by atoms with Gasteiger partial charge in [0.1, 0.15) is 0 Å². The molecule has 2 aromatic heterocycles. The Kier molecular flexibility index (Phi) is 2.51. The molecule has 0 radical (unpaired) electrons. The normalized spacial score (nSPS) is 11.5. The number of benzene rings is 2. The Labute approximate surface area is 125 Å². The van der Waals surface area contributed by atoms with Crippen LogP contribution in [0.15, 0.2) is 53.3 Å². The summed E-state index contributed by atoms with van der Waals surface area (Å²) in [5, 5.41) is 2.51. The molecule has 0 aliphatic heterocycles. The van der Waals surface area contributed by atoms with Crippen molar-refractivity contribution in [3.05, 3.63) is 58.8 Å². The number of fused-ring (bicyclic) bond motifs is 2. The van der Waals surface area contributed by atoms with E-state index in [9.17, 15) is 0 Å². The number of halogens is 1. The first-order valence-electron chi connectivity index (χ1n) is 6.57. The first-order chi connectivity index (χ1) is 9.72. The van der Waals surface area contributed by atoms with E-state index in [0.29, 0.717) is 0 Å². The lowest BCUT2D eigenvalue weighted by Crippen LogP contribution is -1.75. The van der Waals surface area contributed by atoms with Crippen molar-refractivity contribution >= 4 is 37.7 Å². The summed E-state index contributed by atoms with van der Waals surface area (Å²) in [7, 11) is 0. The average molecular weight is 325 g/mol. The summed E-state index contributed by atoms with van der Waals surface area (Å²) in [6.45, 7) is 2.13. The van der Waals surface area contributed by atoms with Crippen molar-refractivity contribution in [1.29, 1.82) is 0 Å². The van der Waals surface area contributed by atoms with Gasteiger partial charge >= 0.3 is 0 Å². The monoisotopic (exact) mass is 324 g/mol. The lowest BCUT2D eigenvalue weighted by atomic mass is 10.0. The fourth-order valence-electron chi connectivity index (χ4n) is 2.77. The van der Waals surface area contributed by atoms with E-state index in [4.69, 9.17) is 0 Å². The van der Waals surface area contributed by atoms with E-state index >= 15 is 0 Å². The Hall–Kier alpha value is -2.00. The van der Waals surface area contributed by atoms with Crippen LogP contribution in [-0.2, 0) is 0 Å². The third-order valence-corrected chi connectivity index (χ3v) is 4.26. The molecule has 2 heterocycles. The van der Waals surface area contributed by atoms with Gasteiger partial charge in [-0.25, -0.2) is 0 Å². The summed E-state index contributed by atoms with van der Waals surface area (Å²) in [6, 6.07) is 12.8. The molecular weight excluding hydrogens is 312 g/mol. The molecule has 0 bridgehead atoms. The summed E-state index contributed by atoms with van der Waals surface area (Å²) < 4.78 is 1.10. The molecule has 4 rings (SSSR count). The number of hydrogen-bond donors (Lipinski definition) is 2. The molecule has 0 spiro atoms. The van der Waals surface area contributed by atoms with Crippen molar-refractivity contribution in [3.8, 4) is 11.1 Å². The Bertz CT molecular complexity index is 853. The molecule has 2 nitrogen and oxygen atoms in total. The second-order valence-electron chi connectivity index (χ2n) is 5.14. The topological polar surface area (TPSA) is 31.6 Å². The third kappa shape index (κ3) is 1.70. The molecule has 20 heavy (non-hydrogen) atoms. The molecular formula is C17H13BrN2. The van der Waals surface area contributed by atoms with Gasteiger partial charge < -0.3 is 9.97 Å². The molecule has 0 unspecified atom stereocenters. The number of rotatable bonds is 1. The maximum absolute atomic E-state index is 3.55. The summed E-state index contributed by atoms with van der Waals surface area (Å²) in [6.07, 6.45) is 4.18. The van der Waals surface area contributed by atoms with Crippen molar-refractivity contribution in [2.45, 2.75) is 6.92 Å². The number of hydrogen-bond acceptors (Lipinski definition) is 0. The molecule has 2 aromatic carbocycles. The minimum atomic E-state index is 1.10. The molecule has 0 saturated carbocycles. The van der Waals surface area contributed by atoms with Crippen molar-refractivity contribution in [1.82, 2.24) is 9.97 Å². The van der Waals surface area contributed by atoms with Gasteiger partial charge in [-0.2, -0.15) is 0 Å². The largest absolute Gasteiger partial charge is 0.361 e. The van der Waals surface area contributed by atoms with E-state index < -0.39 is 0 Å². The highest BCUT2D eigenvalue weighted by molar-refractivity contribution is 9.10. The average Bonchev–Trinajstić information content (AvgIpc) is 3.01. The minimum absolute atomic E-state index is 1.10. The Morgan fingerprint density at radius 2 is 1.40 bits per heavy atom. The zero-order chi connectivity index (χ0) is 13.7. The van der Waals surface area contributed by atoms with E-state index in [1.807, 2.05) is 0 Å². The van der Waals surface area contributed by atoms with E-state index in [2.05, 4.69) is 81.6 Å². The van der Waals surface area contributed by atoms with Crippen molar-refractivity contribution in [2.75, 3.05) is 0 Å². The fraction of sp³-hybridized carbons (Fsp3) is 0.0588. The number of H-pyrrole nitrogens is 2.